The molecular weight excluding hydrogens is 1480 g/mol. The highest BCUT2D eigenvalue weighted by Gasteiger charge is 2.42. The van der Waals surface area contributed by atoms with Crippen LogP contribution in [0.25, 0.3) is 0 Å². The smallest absolute Gasteiger partial charge is 0.337 e. The van der Waals surface area contributed by atoms with Crippen molar-refractivity contribution < 1.29 is 80.6 Å². The van der Waals surface area contributed by atoms with Crippen LogP contribution in [0.2, 0.25) is 0 Å². The van der Waals surface area contributed by atoms with E-state index in [9.17, 15) is 80.6 Å². The van der Waals surface area contributed by atoms with Gasteiger partial charge in [0.25, 0.3) is 23.6 Å². The number of nitrogens with one attached hydrogen (secondary N) is 5. The number of aryl methyl sites for hydroxylation is 5. The fourth-order valence-electron chi connectivity index (χ4n) is 17.4. The second kappa shape index (κ2) is 33.7. The fourth-order valence-corrected chi connectivity index (χ4v) is 17.4. The molecule has 4 aromatic heterocycles. The third-order valence-electron chi connectivity index (χ3n) is 23.2. The number of H-pyrrole nitrogens is 4. The average Bonchev–Trinajstić information content (AvgIpc) is 1.09. The molecule has 0 saturated carbocycles. The maximum Gasteiger partial charge on any atom is 0.416 e. The van der Waals surface area contributed by atoms with Gasteiger partial charge in [-0.25, -0.2) is 8.78 Å². The second-order valence-electron chi connectivity index (χ2n) is 30.6. The van der Waals surface area contributed by atoms with Crippen LogP contribution in [0.1, 0.15) is 256 Å². The number of nitrogens with zero attached hydrogens (tertiary/aromatic N) is 8. The standard InChI is InChI=1S/C21H24F3N3O.2C20H21F4N3O.C20H23F3N4O/c1-13-10-15(12-16(11-13)21(22,23)24)14-6-8-27(9-7-14)20(28)19-17-4-2-3-5-18(17)25-26-19;2*21-15-6-3-5-14(20(22,23)24)17(15)12-8-10-27(11-9-12)19(28)18-13-4-1-2-7-16(13)25-26-18;1-12-8-14(10-15(9-12)20(21,22)23)13-3-6-27(7-4-13)19(28)18-16-2-5-24-11-17(16)25-26-18/h10-12,14H,2-9H2,1H3,(H,25,26);2*3,5-6,12H,1-2,4,7-11H2,(H,25,26);8-10,13,24H,2-7,11H2,1H3,(H,25,26). The van der Waals surface area contributed by atoms with Crippen LogP contribution in [-0.4, -0.2) is 143 Å². The van der Waals surface area contributed by atoms with E-state index >= 15 is 0 Å². The van der Waals surface area contributed by atoms with E-state index in [1.807, 2.05) is 12.1 Å². The molecule has 0 spiro atoms. The van der Waals surface area contributed by atoms with E-state index < -0.39 is 70.4 Å². The number of rotatable bonds is 8. The first-order valence-corrected chi connectivity index (χ1v) is 38.6. The van der Waals surface area contributed by atoms with E-state index in [-0.39, 0.29) is 72.8 Å². The lowest BCUT2D eigenvalue weighted by molar-refractivity contribution is -0.139. The van der Waals surface area contributed by atoms with Crippen molar-refractivity contribution in [2.75, 3.05) is 58.9 Å². The SMILES string of the molecule is Cc1cc(C2CCN(C(=O)c3n[nH]c4c3CCCC4)CC2)cc(C(F)(F)F)c1.Cc1cc(C2CCN(C(=O)c3n[nH]c4c3CCNC4)CC2)cc(C(F)(F)F)c1.O=C(c1n[nH]c2c1CCCC2)N1CCC(c2c(F)cccc2C(F)(F)F)CC1.O=C(c1n[nH]c2c1CCCC2)N1CCC(c2c(F)cccc2C(F)(F)F)CC1. The van der Waals surface area contributed by atoms with Crippen molar-refractivity contribution in [1.82, 2.24) is 65.7 Å². The van der Waals surface area contributed by atoms with Crippen molar-refractivity contribution in [2.24, 2.45) is 0 Å². The summed E-state index contributed by atoms with van der Waals surface area (Å²) < 4.78 is 187. The summed E-state index contributed by atoms with van der Waals surface area (Å²) >= 11 is 0. The Kier molecular flexibility index (Phi) is 24.3. The predicted molar refractivity (Wildman–Crippen MR) is 386 cm³/mol. The number of aromatic amines is 4. The molecule has 3 aliphatic carbocycles. The third-order valence-corrected chi connectivity index (χ3v) is 23.2. The number of amides is 4. The van der Waals surface area contributed by atoms with Crippen molar-refractivity contribution in [3.05, 3.63) is 208 Å². The van der Waals surface area contributed by atoms with Crippen LogP contribution in [0.4, 0.5) is 61.5 Å². The lowest BCUT2D eigenvalue weighted by Gasteiger charge is -2.33. The molecule has 5 N–H and O–H groups in total. The number of carbonyl (C=O) groups is 4. The number of alkyl halides is 12. The zero-order valence-corrected chi connectivity index (χ0v) is 62.2. The van der Waals surface area contributed by atoms with Crippen LogP contribution >= 0.6 is 0 Å². The Morgan fingerprint density at radius 1 is 0.366 bits per heavy atom. The number of hydrogen-bond donors (Lipinski definition) is 5. The van der Waals surface area contributed by atoms with E-state index in [2.05, 4.69) is 46.1 Å². The van der Waals surface area contributed by atoms with E-state index in [4.69, 9.17) is 0 Å². The number of benzene rings is 4. The van der Waals surface area contributed by atoms with E-state index in [1.165, 1.54) is 24.3 Å². The molecule has 4 amide bonds. The molecule has 4 aromatic carbocycles. The summed E-state index contributed by atoms with van der Waals surface area (Å²) in [4.78, 5) is 58.3. The molecule has 17 nitrogen and oxygen atoms in total. The van der Waals surface area contributed by atoms with Gasteiger partial charge in [0.05, 0.1) is 27.9 Å². The number of piperidine rings is 4. The quantitative estimate of drug-likeness (QED) is 0.0916. The summed E-state index contributed by atoms with van der Waals surface area (Å²) in [5.41, 5.74) is 8.95. The van der Waals surface area contributed by atoms with E-state index in [1.54, 1.807) is 33.4 Å². The van der Waals surface area contributed by atoms with Gasteiger partial charge in [-0.15, -0.1) is 0 Å². The molecule has 0 atom stereocenters. The first kappa shape index (κ1) is 80.6. The second-order valence-corrected chi connectivity index (χ2v) is 30.6. The molecule has 4 saturated heterocycles. The van der Waals surface area contributed by atoms with Crippen molar-refractivity contribution in [3.63, 3.8) is 0 Å². The number of fused-ring (bicyclic) bond motifs is 4. The lowest BCUT2D eigenvalue weighted by Crippen LogP contribution is -2.39. The van der Waals surface area contributed by atoms with Crippen molar-refractivity contribution >= 4 is 23.6 Å². The zero-order chi connectivity index (χ0) is 79.6. The molecule has 0 radical (unpaired) electrons. The molecule has 0 bridgehead atoms. The van der Waals surface area contributed by atoms with Crippen LogP contribution in [0.3, 0.4) is 0 Å². The van der Waals surface area contributed by atoms with Crippen LogP contribution in [0, 0.1) is 25.5 Å². The Bertz CT molecular complexity index is 4400. The summed E-state index contributed by atoms with van der Waals surface area (Å²) in [5.74, 6) is -3.24. The summed E-state index contributed by atoms with van der Waals surface area (Å²) in [6, 6.07) is 14.7. The van der Waals surface area contributed by atoms with Crippen LogP contribution < -0.4 is 5.32 Å². The highest BCUT2D eigenvalue weighted by atomic mass is 19.4. The molecule has 4 fully saturated rings. The molecule has 31 heteroatoms. The molecule has 8 aromatic rings. The van der Waals surface area contributed by atoms with Gasteiger partial charge in [0.15, 0.2) is 22.8 Å². The highest BCUT2D eigenvalue weighted by molar-refractivity contribution is 5.96. The lowest BCUT2D eigenvalue weighted by atomic mass is 9.85. The fraction of sp³-hybridized carbons (Fsp3) is 0.506. The molecule has 8 aliphatic rings. The number of carbonyl (C=O) groups excluding carboxylic acids is 4. The average molecular weight is 1570 g/mol. The van der Waals surface area contributed by atoms with Gasteiger partial charge in [0.1, 0.15) is 11.6 Å². The molecule has 5 aliphatic heterocycles. The zero-order valence-electron chi connectivity index (χ0n) is 62.2. The van der Waals surface area contributed by atoms with E-state index in [0.717, 1.165) is 177 Å². The Hall–Kier alpha value is -9.42. The molecular formula is C81H89F14N13O4. The summed E-state index contributed by atoms with van der Waals surface area (Å²) in [5, 5.41) is 31.9. The molecule has 9 heterocycles. The maximum atomic E-state index is 14.2. The van der Waals surface area contributed by atoms with Gasteiger partial charge in [-0.05, 0) is 239 Å². The molecule has 0 unspecified atom stereocenters. The first-order valence-electron chi connectivity index (χ1n) is 38.6. The van der Waals surface area contributed by atoms with Crippen LogP contribution in [0.15, 0.2) is 72.8 Å². The van der Waals surface area contributed by atoms with Gasteiger partial charge in [-0.1, -0.05) is 35.4 Å². The first-order chi connectivity index (χ1) is 53.4. The predicted octanol–water partition coefficient (Wildman–Crippen LogP) is 17.0. The molecule has 112 heavy (non-hydrogen) atoms. The Morgan fingerprint density at radius 2 is 0.661 bits per heavy atom. The Morgan fingerprint density at radius 3 is 0.973 bits per heavy atom. The monoisotopic (exact) mass is 1570 g/mol. The van der Waals surface area contributed by atoms with Gasteiger partial charge < -0.3 is 24.9 Å². The number of aromatic nitrogens is 8. The van der Waals surface area contributed by atoms with Gasteiger partial charge in [0, 0.05) is 109 Å². The van der Waals surface area contributed by atoms with Gasteiger partial charge in [-0.3, -0.25) is 39.6 Å². The van der Waals surface area contributed by atoms with Gasteiger partial charge in [0.2, 0.25) is 0 Å². The van der Waals surface area contributed by atoms with Crippen molar-refractivity contribution in [3.8, 4) is 0 Å². The van der Waals surface area contributed by atoms with Gasteiger partial charge >= 0.3 is 24.7 Å². The summed E-state index contributed by atoms with van der Waals surface area (Å²) in [7, 11) is 0. The Labute approximate surface area is 637 Å². The van der Waals surface area contributed by atoms with Gasteiger partial charge in [-0.2, -0.15) is 73.1 Å². The van der Waals surface area contributed by atoms with Crippen molar-refractivity contribution in [1.29, 1.82) is 0 Å². The minimum atomic E-state index is -4.60. The largest absolute Gasteiger partial charge is 0.416 e. The van der Waals surface area contributed by atoms with E-state index in [0.29, 0.717) is 124 Å². The number of halogens is 14. The minimum absolute atomic E-state index is 0.0300. The van der Waals surface area contributed by atoms with Crippen LogP contribution in [0.5, 0.6) is 0 Å². The maximum absolute atomic E-state index is 14.2. The minimum Gasteiger partial charge on any atom is -0.337 e. The highest BCUT2D eigenvalue weighted by Crippen LogP contribution is 2.44. The number of hydrogen-bond acceptors (Lipinski definition) is 9. The summed E-state index contributed by atoms with van der Waals surface area (Å²) in [6.45, 7) is 8.18. The topological polar surface area (TPSA) is 208 Å². The number of likely N-dealkylation sites (tertiary alicyclic amines) is 4. The molecule has 600 valence electrons. The Balaban J connectivity index is 0.000000131. The van der Waals surface area contributed by atoms with Crippen molar-refractivity contribution in [2.45, 2.75) is 204 Å². The third kappa shape index (κ3) is 18.1. The normalized spacial score (nSPS) is 18.2. The summed E-state index contributed by atoms with van der Waals surface area (Å²) in [6.07, 6.45) is -1.73. The van der Waals surface area contributed by atoms with Crippen LogP contribution in [-0.2, 0) is 76.2 Å². The molecule has 16 rings (SSSR count).